The minimum atomic E-state index is -0.0783. The Bertz CT molecular complexity index is 283. The smallest absolute Gasteiger partial charge is 0.0900 e. The van der Waals surface area contributed by atoms with Crippen LogP contribution in [0, 0.1) is 5.41 Å². The van der Waals surface area contributed by atoms with Crippen molar-refractivity contribution in [1.29, 1.82) is 0 Å². The fraction of sp³-hybridized carbons (Fsp3) is 0.786. The predicted molar refractivity (Wildman–Crippen MR) is 75.4 cm³/mol. The summed E-state index contributed by atoms with van der Waals surface area (Å²) in [7, 11) is 4.22. The Morgan fingerprint density at radius 3 is 2.35 bits per heavy atom. The van der Waals surface area contributed by atoms with E-state index in [1.807, 2.05) is 6.34 Å². The zero-order valence-electron chi connectivity index (χ0n) is 12.2. The highest BCUT2D eigenvalue weighted by Crippen LogP contribution is 2.36. The van der Waals surface area contributed by atoms with Crippen molar-refractivity contribution in [2.24, 2.45) is 10.4 Å². The van der Waals surface area contributed by atoms with Crippen LogP contribution in [0.25, 0.3) is 0 Å². The van der Waals surface area contributed by atoms with Crippen molar-refractivity contribution in [3.8, 4) is 0 Å². The molecule has 0 fully saturated rings. The minimum absolute atomic E-state index is 0.0783. The van der Waals surface area contributed by atoms with E-state index in [1.54, 1.807) is 0 Å². The molecule has 3 nitrogen and oxygen atoms in total. The highest BCUT2D eigenvalue weighted by molar-refractivity contribution is 5.59. The zero-order chi connectivity index (χ0) is 13.1. The first kappa shape index (κ1) is 14.2. The van der Waals surface area contributed by atoms with Gasteiger partial charge in [0.2, 0.25) is 0 Å². The van der Waals surface area contributed by atoms with Crippen LogP contribution in [0.4, 0.5) is 0 Å². The van der Waals surface area contributed by atoms with Gasteiger partial charge < -0.3 is 9.80 Å². The molecule has 3 heteroatoms. The summed E-state index contributed by atoms with van der Waals surface area (Å²) in [5, 5.41) is 0. The van der Waals surface area contributed by atoms with Crippen LogP contribution in [0.5, 0.6) is 0 Å². The van der Waals surface area contributed by atoms with Gasteiger partial charge in [0.15, 0.2) is 0 Å². The Balaban J connectivity index is 2.48. The van der Waals surface area contributed by atoms with E-state index in [2.05, 4.69) is 63.9 Å². The fourth-order valence-electron chi connectivity index (χ4n) is 1.66. The van der Waals surface area contributed by atoms with E-state index in [4.69, 9.17) is 4.99 Å². The van der Waals surface area contributed by atoms with E-state index in [0.717, 1.165) is 19.5 Å². The Kier molecular flexibility index (Phi) is 4.36. The van der Waals surface area contributed by atoms with E-state index < -0.39 is 0 Å². The Morgan fingerprint density at radius 1 is 1.29 bits per heavy atom. The van der Waals surface area contributed by atoms with Gasteiger partial charge in [0, 0.05) is 12.7 Å². The third kappa shape index (κ3) is 3.84. The Hall–Kier alpha value is -0.830. The molecule has 0 spiro atoms. The lowest BCUT2D eigenvalue weighted by Crippen LogP contribution is -2.40. The van der Waals surface area contributed by atoms with Crippen molar-refractivity contribution in [3.05, 3.63) is 12.3 Å². The predicted octanol–water partition coefficient (Wildman–Crippen LogP) is 2.60. The fourth-order valence-corrected chi connectivity index (χ4v) is 1.66. The summed E-state index contributed by atoms with van der Waals surface area (Å²) >= 11 is 0. The SMILES string of the molecule is CN(C)CCCN1C=CC(C)(C(C)(C)C)N=C1. The molecule has 0 saturated heterocycles. The molecule has 1 aliphatic rings. The van der Waals surface area contributed by atoms with Crippen LogP contribution in [0.1, 0.15) is 34.1 Å². The van der Waals surface area contributed by atoms with Crippen molar-refractivity contribution >= 4 is 6.34 Å². The average Bonchev–Trinajstić information content (AvgIpc) is 2.19. The van der Waals surface area contributed by atoms with Gasteiger partial charge in [0.1, 0.15) is 0 Å². The molecule has 0 bridgehead atoms. The number of hydrogen-bond donors (Lipinski definition) is 0. The molecule has 1 atom stereocenters. The summed E-state index contributed by atoms with van der Waals surface area (Å²) < 4.78 is 0. The number of nitrogens with zero attached hydrogens (tertiary/aromatic N) is 3. The maximum absolute atomic E-state index is 4.71. The van der Waals surface area contributed by atoms with Gasteiger partial charge >= 0.3 is 0 Å². The third-order valence-electron chi connectivity index (χ3n) is 3.60. The minimum Gasteiger partial charge on any atom is -0.340 e. The van der Waals surface area contributed by atoms with E-state index >= 15 is 0 Å². The summed E-state index contributed by atoms with van der Waals surface area (Å²) in [6.07, 6.45) is 7.55. The maximum atomic E-state index is 4.71. The largest absolute Gasteiger partial charge is 0.340 e. The lowest BCUT2D eigenvalue weighted by molar-refractivity contribution is 0.256. The molecule has 0 N–H and O–H groups in total. The quantitative estimate of drug-likeness (QED) is 0.748. The third-order valence-corrected chi connectivity index (χ3v) is 3.60. The van der Waals surface area contributed by atoms with E-state index in [9.17, 15) is 0 Å². The molecule has 0 radical (unpaired) electrons. The number of rotatable bonds is 4. The molecule has 98 valence electrons. The van der Waals surface area contributed by atoms with Gasteiger partial charge in [0.05, 0.1) is 11.9 Å². The maximum Gasteiger partial charge on any atom is 0.0900 e. The zero-order valence-corrected chi connectivity index (χ0v) is 12.2. The highest BCUT2D eigenvalue weighted by Gasteiger charge is 2.35. The first-order valence-electron chi connectivity index (χ1n) is 6.40. The first-order valence-corrected chi connectivity index (χ1v) is 6.40. The molecule has 17 heavy (non-hydrogen) atoms. The molecular weight excluding hydrogens is 210 g/mol. The molecule has 0 saturated carbocycles. The van der Waals surface area contributed by atoms with Crippen molar-refractivity contribution in [3.63, 3.8) is 0 Å². The average molecular weight is 237 g/mol. The molecule has 0 aromatic rings. The molecule has 1 rings (SSSR count). The van der Waals surface area contributed by atoms with Gasteiger partial charge in [-0.3, -0.25) is 4.99 Å². The Labute approximate surface area is 106 Å². The van der Waals surface area contributed by atoms with E-state index in [-0.39, 0.29) is 11.0 Å². The molecule has 1 unspecified atom stereocenters. The second-order valence-corrected chi connectivity index (χ2v) is 6.35. The van der Waals surface area contributed by atoms with Crippen LogP contribution in [-0.2, 0) is 0 Å². The number of hydrogen-bond acceptors (Lipinski definition) is 3. The van der Waals surface area contributed by atoms with Gasteiger partial charge in [-0.1, -0.05) is 20.8 Å². The van der Waals surface area contributed by atoms with Crippen molar-refractivity contribution in [1.82, 2.24) is 9.80 Å². The van der Waals surface area contributed by atoms with Gasteiger partial charge in [-0.2, -0.15) is 0 Å². The molecule has 1 heterocycles. The summed E-state index contributed by atoms with van der Waals surface area (Å²) in [5.41, 5.74) is 0.0841. The van der Waals surface area contributed by atoms with Gasteiger partial charge in [-0.05, 0) is 45.5 Å². The van der Waals surface area contributed by atoms with Crippen molar-refractivity contribution < 1.29 is 0 Å². The van der Waals surface area contributed by atoms with Crippen LogP contribution in [-0.4, -0.2) is 48.9 Å². The normalized spacial score (nSPS) is 24.8. The van der Waals surface area contributed by atoms with Crippen LogP contribution in [0.15, 0.2) is 17.3 Å². The lowest BCUT2D eigenvalue weighted by atomic mass is 9.75. The molecular formula is C14H27N3. The summed E-state index contributed by atoms with van der Waals surface area (Å²) in [6.45, 7) is 11.0. The highest BCUT2D eigenvalue weighted by atomic mass is 15.2. The molecule has 0 aliphatic carbocycles. The van der Waals surface area contributed by atoms with Crippen molar-refractivity contribution in [2.45, 2.75) is 39.7 Å². The summed E-state index contributed by atoms with van der Waals surface area (Å²) in [5.74, 6) is 0. The van der Waals surface area contributed by atoms with Gasteiger partial charge in [0.25, 0.3) is 0 Å². The summed E-state index contributed by atoms with van der Waals surface area (Å²) in [4.78, 5) is 9.10. The van der Waals surface area contributed by atoms with Crippen LogP contribution in [0.3, 0.4) is 0 Å². The van der Waals surface area contributed by atoms with Crippen LogP contribution < -0.4 is 0 Å². The molecule has 1 aliphatic heterocycles. The summed E-state index contributed by atoms with van der Waals surface area (Å²) in [6, 6.07) is 0. The van der Waals surface area contributed by atoms with E-state index in [1.165, 1.54) is 0 Å². The number of aliphatic imine (C=N–C) groups is 1. The monoisotopic (exact) mass is 237 g/mol. The van der Waals surface area contributed by atoms with E-state index in [0.29, 0.717) is 0 Å². The van der Waals surface area contributed by atoms with Crippen LogP contribution >= 0.6 is 0 Å². The molecule has 0 aromatic heterocycles. The first-order chi connectivity index (χ1) is 7.74. The Morgan fingerprint density at radius 2 is 1.94 bits per heavy atom. The van der Waals surface area contributed by atoms with Crippen molar-refractivity contribution in [2.75, 3.05) is 27.2 Å². The lowest BCUT2D eigenvalue weighted by Gasteiger charge is -2.39. The van der Waals surface area contributed by atoms with Crippen LogP contribution in [0.2, 0.25) is 0 Å². The molecule has 0 amide bonds. The van der Waals surface area contributed by atoms with Gasteiger partial charge in [-0.25, -0.2) is 0 Å². The van der Waals surface area contributed by atoms with Gasteiger partial charge in [-0.15, -0.1) is 0 Å². The second kappa shape index (κ2) is 5.21. The standard InChI is InChI=1S/C14H27N3/c1-13(2,3)14(4)8-11-17(12-15-14)10-7-9-16(5)6/h8,11-12H,7,9-10H2,1-6H3. The second-order valence-electron chi connectivity index (χ2n) is 6.35. The topological polar surface area (TPSA) is 18.8 Å². The molecule has 0 aromatic carbocycles.